The zero-order valence-corrected chi connectivity index (χ0v) is 18.3. The Labute approximate surface area is 171 Å². The molecule has 1 aromatic heterocycles. The summed E-state index contributed by atoms with van der Waals surface area (Å²) in [5.74, 6) is 1.29. The number of amides is 1. The van der Waals surface area contributed by atoms with E-state index in [-0.39, 0.29) is 18.0 Å². The van der Waals surface area contributed by atoms with E-state index in [0.717, 1.165) is 21.5 Å². The molecular weight excluding hydrogens is 380 g/mol. The number of nitrogens with one attached hydrogen (secondary N) is 1. The lowest BCUT2D eigenvalue weighted by atomic mass is 10.1. The number of nitrogens with zero attached hydrogens (tertiary/aromatic N) is 3. The Morgan fingerprint density at radius 1 is 1.19 bits per heavy atom. The second kappa shape index (κ2) is 10.0. The van der Waals surface area contributed by atoms with E-state index in [4.69, 9.17) is 11.6 Å². The topological polar surface area (TPSA) is 58.1 Å². The molecule has 7 heteroatoms. The average Bonchev–Trinajstić information content (AvgIpc) is 3.04. The Morgan fingerprint density at radius 3 is 2.44 bits per heavy atom. The molecular formula is C20H29ClN4OS. The van der Waals surface area contributed by atoms with Crippen LogP contribution in [0.25, 0.3) is 0 Å². The average molecular weight is 409 g/mol. The maximum atomic E-state index is 12.2. The molecule has 0 spiro atoms. The highest BCUT2D eigenvalue weighted by atomic mass is 35.5. The van der Waals surface area contributed by atoms with E-state index >= 15 is 0 Å². The Bertz CT molecular complexity index is 730. The number of anilines is 1. The number of hydrogen-bond donors (Lipinski definition) is 1. The van der Waals surface area contributed by atoms with Crippen LogP contribution in [0.3, 0.4) is 0 Å². The second-order valence-electron chi connectivity index (χ2n) is 7.43. The van der Waals surface area contributed by atoms with Crippen LogP contribution in [0.4, 0.5) is 5.13 Å². The van der Waals surface area contributed by atoms with Crippen LogP contribution < -0.4 is 10.2 Å². The molecule has 1 atom stereocenters. The Balaban J connectivity index is 1.97. The van der Waals surface area contributed by atoms with Crippen molar-refractivity contribution in [3.63, 3.8) is 0 Å². The van der Waals surface area contributed by atoms with Gasteiger partial charge in [0.05, 0.1) is 0 Å². The molecule has 0 saturated carbocycles. The number of aromatic nitrogens is 2. The standard InChI is InChI=1S/C20H29ClN4OS/c1-13(2)15(5)22-19(26)10-11-25(14(3)4)20-23-18(24-27-20)12-16-6-8-17(21)9-7-16/h6-9,13-15H,10-12H2,1-5H3,(H,22,26)/t15-/m1/s1. The smallest absolute Gasteiger partial charge is 0.221 e. The molecule has 2 rings (SSSR count). The molecule has 0 fully saturated rings. The maximum absolute atomic E-state index is 12.2. The summed E-state index contributed by atoms with van der Waals surface area (Å²) < 4.78 is 4.49. The van der Waals surface area contributed by atoms with Crippen LogP contribution in [-0.4, -0.2) is 33.9 Å². The van der Waals surface area contributed by atoms with Gasteiger partial charge in [-0.1, -0.05) is 37.6 Å². The van der Waals surface area contributed by atoms with E-state index in [1.54, 1.807) is 0 Å². The maximum Gasteiger partial charge on any atom is 0.221 e. The zero-order valence-electron chi connectivity index (χ0n) is 16.7. The molecule has 0 bridgehead atoms. The van der Waals surface area contributed by atoms with Gasteiger partial charge in [0.1, 0.15) is 5.82 Å². The van der Waals surface area contributed by atoms with Gasteiger partial charge < -0.3 is 10.2 Å². The second-order valence-corrected chi connectivity index (χ2v) is 8.60. The lowest BCUT2D eigenvalue weighted by Crippen LogP contribution is -2.39. The Morgan fingerprint density at radius 2 is 1.85 bits per heavy atom. The molecule has 27 heavy (non-hydrogen) atoms. The fraction of sp³-hybridized carbons (Fsp3) is 0.550. The van der Waals surface area contributed by atoms with Crippen molar-refractivity contribution in [3.05, 3.63) is 40.7 Å². The summed E-state index contributed by atoms with van der Waals surface area (Å²) in [6.45, 7) is 11.1. The van der Waals surface area contributed by atoms with Crippen LogP contribution in [0.15, 0.2) is 24.3 Å². The molecule has 0 aliphatic carbocycles. The summed E-state index contributed by atoms with van der Waals surface area (Å²) in [4.78, 5) is 19.0. The van der Waals surface area contributed by atoms with Crippen LogP contribution >= 0.6 is 23.1 Å². The number of carbonyl (C=O) groups is 1. The van der Waals surface area contributed by atoms with Gasteiger partial charge in [-0.3, -0.25) is 4.79 Å². The van der Waals surface area contributed by atoms with Gasteiger partial charge in [-0.2, -0.15) is 4.37 Å². The lowest BCUT2D eigenvalue weighted by molar-refractivity contribution is -0.121. The first-order valence-electron chi connectivity index (χ1n) is 9.39. The minimum absolute atomic E-state index is 0.0766. The van der Waals surface area contributed by atoms with Crippen LogP contribution in [0.1, 0.15) is 52.4 Å². The predicted molar refractivity (Wildman–Crippen MR) is 114 cm³/mol. The van der Waals surface area contributed by atoms with Crippen LogP contribution in [-0.2, 0) is 11.2 Å². The summed E-state index contributed by atoms with van der Waals surface area (Å²) >= 11 is 7.32. The summed E-state index contributed by atoms with van der Waals surface area (Å²) in [6.07, 6.45) is 1.12. The zero-order chi connectivity index (χ0) is 20.0. The van der Waals surface area contributed by atoms with E-state index in [9.17, 15) is 4.79 Å². The normalized spacial score (nSPS) is 12.4. The van der Waals surface area contributed by atoms with Gasteiger partial charge in [0, 0.05) is 48.0 Å². The molecule has 1 heterocycles. The molecule has 0 aliphatic rings. The van der Waals surface area contributed by atoms with E-state index in [1.165, 1.54) is 11.5 Å². The SMILES string of the molecule is CC(C)[C@@H](C)NC(=O)CCN(c1nc(Cc2ccc(Cl)cc2)ns1)C(C)C. The van der Waals surface area contributed by atoms with Crippen molar-refractivity contribution in [3.8, 4) is 0 Å². The van der Waals surface area contributed by atoms with Crippen molar-refractivity contribution in [2.75, 3.05) is 11.4 Å². The first kappa shape index (κ1) is 21.6. The third-order valence-corrected chi connectivity index (χ3v) is 5.61. The number of halogens is 1. The van der Waals surface area contributed by atoms with Gasteiger partial charge in [-0.15, -0.1) is 0 Å². The third kappa shape index (κ3) is 6.78. The van der Waals surface area contributed by atoms with Gasteiger partial charge in [-0.25, -0.2) is 4.98 Å². The summed E-state index contributed by atoms with van der Waals surface area (Å²) in [5, 5.41) is 4.64. The highest BCUT2D eigenvalue weighted by Crippen LogP contribution is 2.22. The van der Waals surface area contributed by atoms with Crippen molar-refractivity contribution in [1.82, 2.24) is 14.7 Å². The van der Waals surface area contributed by atoms with Gasteiger partial charge in [0.2, 0.25) is 11.0 Å². The van der Waals surface area contributed by atoms with Gasteiger partial charge in [0.15, 0.2) is 0 Å². The van der Waals surface area contributed by atoms with E-state index < -0.39 is 0 Å². The fourth-order valence-electron chi connectivity index (χ4n) is 2.51. The molecule has 1 aromatic carbocycles. The summed E-state index contributed by atoms with van der Waals surface area (Å²) in [5.41, 5.74) is 1.13. The van der Waals surface area contributed by atoms with Gasteiger partial charge >= 0.3 is 0 Å². The van der Waals surface area contributed by atoms with E-state index in [1.807, 2.05) is 31.2 Å². The first-order chi connectivity index (χ1) is 12.8. The highest BCUT2D eigenvalue weighted by Gasteiger charge is 2.18. The van der Waals surface area contributed by atoms with Gasteiger partial charge in [0.25, 0.3) is 0 Å². The molecule has 2 aromatic rings. The van der Waals surface area contributed by atoms with Crippen LogP contribution in [0.5, 0.6) is 0 Å². The minimum atomic E-state index is 0.0766. The molecule has 0 unspecified atom stereocenters. The molecule has 0 aliphatic heterocycles. The number of hydrogen-bond acceptors (Lipinski definition) is 5. The molecule has 1 amide bonds. The molecule has 1 N–H and O–H groups in total. The van der Waals surface area contributed by atoms with Crippen molar-refractivity contribution >= 4 is 34.2 Å². The Kier molecular flexibility index (Phi) is 8.05. The largest absolute Gasteiger partial charge is 0.353 e. The number of rotatable bonds is 9. The molecule has 5 nitrogen and oxygen atoms in total. The van der Waals surface area contributed by atoms with E-state index in [2.05, 4.69) is 47.3 Å². The summed E-state index contributed by atoms with van der Waals surface area (Å²) in [6, 6.07) is 8.16. The summed E-state index contributed by atoms with van der Waals surface area (Å²) in [7, 11) is 0. The minimum Gasteiger partial charge on any atom is -0.353 e. The van der Waals surface area contributed by atoms with Crippen LogP contribution in [0, 0.1) is 5.92 Å². The monoisotopic (exact) mass is 408 g/mol. The highest BCUT2D eigenvalue weighted by molar-refractivity contribution is 7.09. The first-order valence-corrected chi connectivity index (χ1v) is 10.5. The lowest BCUT2D eigenvalue weighted by Gasteiger charge is -2.26. The van der Waals surface area contributed by atoms with Crippen LogP contribution in [0.2, 0.25) is 5.02 Å². The van der Waals surface area contributed by atoms with Crippen molar-refractivity contribution in [2.45, 2.75) is 59.5 Å². The van der Waals surface area contributed by atoms with E-state index in [0.29, 0.717) is 25.3 Å². The quantitative estimate of drug-likeness (QED) is 0.661. The number of carbonyl (C=O) groups excluding carboxylic acids is 1. The third-order valence-electron chi connectivity index (χ3n) is 4.57. The molecule has 148 valence electrons. The molecule has 0 radical (unpaired) electrons. The van der Waals surface area contributed by atoms with Crippen molar-refractivity contribution in [1.29, 1.82) is 0 Å². The molecule has 0 saturated heterocycles. The van der Waals surface area contributed by atoms with Crippen molar-refractivity contribution < 1.29 is 4.79 Å². The van der Waals surface area contributed by atoms with Crippen molar-refractivity contribution in [2.24, 2.45) is 5.92 Å². The fourth-order valence-corrected chi connectivity index (χ4v) is 3.48. The predicted octanol–water partition coefficient (Wildman–Crippen LogP) is 4.55. The Hall–Kier alpha value is -1.66. The van der Waals surface area contributed by atoms with Gasteiger partial charge in [-0.05, 0) is 44.4 Å². The number of benzene rings is 1.